The average Bonchev–Trinajstić information content (AvgIpc) is 2.45. The molecule has 0 atom stereocenters. The van der Waals surface area contributed by atoms with Crippen LogP contribution in [0, 0.1) is 0 Å². The molecule has 1 fully saturated rings. The Bertz CT molecular complexity index is 707. The molecule has 1 aliphatic rings. The maximum Gasteiger partial charge on any atom is 0.323 e. The van der Waals surface area contributed by atoms with Gasteiger partial charge in [0.2, 0.25) is 5.91 Å². The molecule has 1 saturated heterocycles. The van der Waals surface area contributed by atoms with Gasteiger partial charge >= 0.3 is 11.8 Å². The highest BCUT2D eigenvalue weighted by Gasteiger charge is 2.49. The van der Waals surface area contributed by atoms with Crippen molar-refractivity contribution in [3.8, 4) is 0 Å². The second-order valence-corrected chi connectivity index (χ2v) is 8.18. The van der Waals surface area contributed by atoms with Gasteiger partial charge in [0, 0.05) is 29.7 Å². The summed E-state index contributed by atoms with van der Waals surface area (Å²) in [6, 6.07) is 6.20. The van der Waals surface area contributed by atoms with Gasteiger partial charge in [-0.05, 0) is 64.8 Å². The molecule has 0 aliphatic carbocycles. The molecule has 0 saturated carbocycles. The summed E-state index contributed by atoms with van der Waals surface area (Å²) in [5, 5.41) is 0. The van der Waals surface area contributed by atoms with E-state index >= 15 is 0 Å². The van der Waals surface area contributed by atoms with Gasteiger partial charge in [-0.3, -0.25) is 14.4 Å². The quantitative estimate of drug-likeness (QED) is 0.584. The first-order chi connectivity index (χ1) is 11.9. The van der Waals surface area contributed by atoms with Crippen molar-refractivity contribution < 1.29 is 14.4 Å². The summed E-state index contributed by atoms with van der Waals surface area (Å²) in [4.78, 5) is 40.7. The molecular weight excluding hydrogens is 332 g/mol. The number of nitrogens with zero attached hydrogens (tertiary/aromatic N) is 2. The molecule has 142 valence electrons. The van der Waals surface area contributed by atoms with Crippen LogP contribution in [0.15, 0.2) is 24.3 Å². The van der Waals surface area contributed by atoms with Crippen LogP contribution in [0.5, 0.6) is 0 Å². The van der Waals surface area contributed by atoms with Gasteiger partial charge in [0.15, 0.2) is 0 Å². The minimum absolute atomic E-state index is 0.0554. The van der Waals surface area contributed by atoms with E-state index in [1.807, 2.05) is 27.7 Å². The van der Waals surface area contributed by atoms with Crippen molar-refractivity contribution in [1.29, 1.82) is 0 Å². The lowest BCUT2D eigenvalue weighted by atomic mass is 9.77. The minimum atomic E-state index is -0.876. The first-order valence-corrected chi connectivity index (χ1v) is 8.67. The zero-order chi connectivity index (χ0) is 19.9. The van der Waals surface area contributed by atoms with Crippen LogP contribution in [0.1, 0.15) is 47.5 Å². The van der Waals surface area contributed by atoms with Gasteiger partial charge in [-0.25, -0.2) is 4.90 Å². The number of rotatable bonds is 1. The fourth-order valence-corrected chi connectivity index (χ4v) is 4.16. The Balaban J connectivity index is 2.41. The lowest BCUT2D eigenvalue weighted by Crippen LogP contribution is -2.67. The zero-order valence-corrected chi connectivity index (χ0v) is 16.1. The van der Waals surface area contributed by atoms with Crippen LogP contribution < -0.4 is 16.4 Å². The van der Waals surface area contributed by atoms with Gasteiger partial charge in [0.1, 0.15) is 0 Å². The molecule has 1 aliphatic heterocycles. The van der Waals surface area contributed by atoms with Crippen molar-refractivity contribution in [2.45, 2.75) is 64.6 Å². The van der Waals surface area contributed by atoms with Crippen molar-refractivity contribution in [2.75, 3.05) is 10.6 Å². The van der Waals surface area contributed by atoms with E-state index in [-0.39, 0.29) is 6.04 Å². The number of anilines is 2. The van der Waals surface area contributed by atoms with E-state index in [0.717, 1.165) is 4.90 Å². The van der Waals surface area contributed by atoms with Crippen LogP contribution in [0.4, 0.5) is 11.4 Å². The molecular formula is C19H28N4O3. The van der Waals surface area contributed by atoms with Crippen molar-refractivity contribution in [1.82, 2.24) is 4.90 Å². The van der Waals surface area contributed by atoms with Gasteiger partial charge in [0.05, 0.1) is 5.69 Å². The monoisotopic (exact) mass is 360 g/mol. The molecule has 0 bridgehead atoms. The smallest absolute Gasteiger partial charge is 0.323 e. The number of piperidine rings is 1. The number of carbonyl (C=O) groups excluding carboxylic acids is 3. The van der Waals surface area contributed by atoms with Gasteiger partial charge < -0.3 is 16.4 Å². The summed E-state index contributed by atoms with van der Waals surface area (Å²) in [6.45, 7) is 8.81. The molecule has 2 rings (SSSR count). The number of hydrogen-bond donors (Lipinski definition) is 2. The molecule has 3 amide bonds. The summed E-state index contributed by atoms with van der Waals surface area (Å²) in [6.07, 6.45) is 1.16. The molecule has 26 heavy (non-hydrogen) atoms. The summed E-state index contributed by atoms with van der Waals surface area (Å²) < 4.78 is 0. The Hall–Kier alpha value is -2.41. The van der Waals surface area contributed by atoms with Crippen molar-refractivity contribution >= 4 is 29.1 Å². The third-order valence-corrected chi connectivity index (χ3v) is 4.79. The lowest BCUT2D eigenvalue weighted by molar-refractivity contribution is -0.158. The second-order valence-electron chi connectivity index (χ2n) is 8.18. The van der Waals surface area contributed by atoms with Crippen LogP contribution >= 0.6 is 0 Å². The molecule has 4 N–H and O–H groups in total. The van der Waals surface area contributed by atoms with Crippen LogP contribution in [0.3, 0.4) is 0 Å². The number of imide groups is 1. The van der Waals surface area contributed by atoms with Gasteiger partial charge in [-0.1, -0.05) is 0 Å². The minimum Gasteiger partial charge on any atom is -0.399 e. The SMILES string of the molecule is CC(=O)N(C(=O)C(=O)N1C(C)(C)CC(N)CC1(C)C)c1ccc(N)cc1. The summed E-state index contributed by atoms with van der Waals surface area (Å²) in [5.41, 5.74) is 11.4. The van der Waals surface area contributed by atoms with Crippen LogP contribution in [0.25, 0.3) is 0 Å². The zero-order valence-electron chi connectivity index (χ0n) is 16.1. The molecule has 0 spiro atoms. The Labute approximate surface area is 154 Å². The summed E-state index contributed by atoms with van der Waals surface area (Å²) in [5.74, 6) is -2.12. The van der Waals surface area contributed by atoms with Crippen LogP contribution in [0.2, 0.25) is 0 Å². The summed E-state index contributed by atoms with van der Waals surface area (Å²) >= 11 is 0. The Morgan fingerprint density at radius 2 is 1.50 bits per heavy atom. The van der Waals surface area contributed by atoms with Crippen molar-refractivity contribution in [2.24, 2.45) is 5.73 Å². The number of likely N-dealkylation sites (tertiary alicyclic amines) is 1. The first kappa shape index (κ1) is 19.9. The van der Waals surface area contributed by atoms with Crippen molar-refractivity contribution in [3.05, 3.63) is 24.3 Å². The van der Waals surface area contributed by atoms with Crippen LogP contribution in [-0.2, 0) is 14.4 Å². The lowest BCUT2D eigenvalue weighted by Gasteiger charge is -2.54. The number of nitrogens with two attached hydrogens (primary N) is 2. The predicted octanol–water partition coefficient (Wildman–Crippen LogP) is 1.66. The predicted molar refractivity (Wildman–Crippen MR) is 101 cm³/mol. The molecule has 7 heteroatoms. The highest BCUT2D eigenvalue weighted by Crippen LogP contribution is 2.38. The Morgan fingerprint density at radius 1 is 1.04 bits per heavy atom. The van der Waals surface area contributed by atoms with Crippen molar-refractivity contribution in [3.63, 3.8) is 0 Å². The molecule has 0 unspecified atom stereocenters. The highest BCUT2D eigenvalue weighted by atomic mass is 16.2. The van der Waals surface area contributed by atoms with Crippen LogP contribution in [-0.4, -0.2) is 39.7 Å². The maximum atomic E-state index is 13.1. The second kappa shape index (κ2) is 6.72. The fraction of sp³-hybridized carbons (Fsp3) is 0.526. The third-order valence-electron chi connectivity index (χ3n) is 4.79. The van der Waals surface area contributed by atoms with E-state index in [4.69, 9.17) is 11.5 Å². The molecule has 1 aromatic carbocycles. The number of benzene rings is 1. The number of hydrogen-bond acceptors (Lipinski definition) is 5. The highest BCUT2D eigenvalue weighted by molar-refractivity contribution is 6.45. The van der Waals surface area contributed by atoms with E-state index in [0.29, 0.717) is 24.2 Å². The normalized spacial score (nSPS) is 19.1. The maximum absolute atomic E-state index is 13.1. The summed E-state index contributed by atoms with van der Waals surface area (Å²) in [7, 11) is 0. The first-order valence-electron chi connectivity index (χ1n) is 8.67. The molecule has 1 heterocycles. The number of nitrogen functional groups attached to an aromatic ring is 1. The van der Waals surface area contributed by atoms with E-state index in [2.05, 4.69) is 0 Å². The standard InChI is InChI=1S/C19H28N4O3/c1-12(24)22(15-8-6-13(20)7-9-15)16(25)17(26)23-18(2,3)10-14(21)11-19(23,4)5/h6-9,14H,10-11,20-21H2,1-5H3. The molecule has 7 nitrogen and oxygen atoms in total. The number of amides is 3. The largest absolute Gasteiger partial charge is 0.399 e. The molecule has 0 aromatic heterocycles. The van der Waals surface area contributed by atoms with E-state index in [1.165, 1.54) is 6.92 Å². The average molecular weight is 360 g/mol. The molecule has 0 radical (unpaired) electrons. The van der Waals surface area contributed by atoms with Gasteiger partial charge in [-0.15, -0.1) is 0 Å². The van der Waals surface area contributed by atoms with Gasteiger partial charge in [0.25, 0.3) is 0 Å². The van der Waals surface area contributed by atoms with E-state index < -0.39 is 28.8 Å². The topological polar surface area (TPSA) is 110 Å². The number of carbonyl (C=O) groups is 3. The van der Waals surface area contributed by atoms with E-state index in [1.54, 1.807) is 29.2 Å². The third kappa shape index (κ3) is 3.72. The Kier molecular flexibility index (Phi) is 5.14. The Morgan fingerprint density at radius 3 is 1.92 bits per heavy atom. The fourth-order valence-electron chi connectivity index (χ4n) is 4.16. The van der Waals surface area contributed by atoms with Gasteiger partial charge in [-0.2, -0.15) is 0 Å². The molecule has 1 aromatic rings. The van der Waals surface area contributed by atoms with E-state index in [9.17, 15) is 14.4 Å².